The summed E-state index contributed by atoms with van der Waals surface area (Å²) in [7, 11) is 1.76. The number of carbonyl (C=O) groups is 1. The molecular weight excluding hydrogens is 332 g/mol. The molecule has 0 spiro atoms. The van der Waals surface area contributed by atoms with Crippen molar-refractivity contribution >= 4 is 12.1 Å². The molecule has 1 heterocycles. The minimum absolute atomic E-state index is 0.0864. The first-order valence-electron chi connectivity index (χ1n) is 9.46. The molecule has 3 unspecified atom stereocenters. The average molecular weight is 369 g/mol. The van der Waals surface area contributed by atoms with Gasteiger partial charge in [-0.15, -0.1) is 0 Å². The van der Waals surface area contributed by atoms with Gasteiger partial charge in [-0.3, -0.25) is 4.99 Å². The van der Waals surface area contributed by atoms with E-state index in [9.17, 15) is 4.79 Å². The molecule has 2 fully saturated rings. The van der Waals surface area contributed by atoms with Crippen LogP contribution in [0.5, 0.6) is 0 Å². The van der Waals surface area contributed by atoms with Crippen LogP contribution in [-0.4, -0.2) is 55.5 Å². The highest BCUT2D eigenvalue weighted by atomic mass is 16.6. The molecule has 1 amide bonds. The second-order valence-electron chi connectivity index (χ2n) is 9.62. The summed E-state index contributed by atoms with van der Waals surface area (Å²) in [4.78, 5) is 16.4. The van der Waals surface area contributed by atoms with Gasteiger partial charge in [0.15, 0.2) is 5.96 Å². The Bertz CT molecular complexity index is 551. The number of aliphatic imine (C=N–C) groups is 1. The first kappa shape index (κ1) is 20.8. The fourth-order valence-corrected chi connectivity index (χ4v) is 3.89. The number of ether oxygens (including phenoxy) is 2. The standard InChI is InChI=1S/C19H36N4O3/c1-17(2,3)26-16(24)23-18(4,5)11-21-15(20-8)22-13-12-9-10-25-14(12)19(13,6)7/h12-14H,9-11H2,1-8H3,(H,23,24)(H2,20,21,22). The van der Waals surface area contributed by atoms with Crippen molar-refractivity contribution in [1.82, 2.24) is 16.0 Å². The van der Waals surface area contributed by atoms with Crippen LogP contribution in [0.4, 0.5) is 4.79 Å². The zero-order chi connectivity index (χ0) is 19.8. The average Bonchev–Trinajstić information content (AvgIpc) is 2.91. The molecule has 1 saturated carbocycles. The molecule has 0 aromatic heterocycles. The number of fused-ring (bicyclic) bond motifs is 1. The van der Waals surface area contributed by atoms with Gasteiger partial charge in [0.25, 0.3) is 0 Å². The van der Waals surface area contributed by atoms with Crippen LogP contribution in [0.2, 0.25) is 0 Å². The third kappa shape index (κ3) is 4.81. The lowest BCUT2D eigenvalue weighted by Crippen LogP contribution is -2.68. The molecule has 1 aliphatic heterocycles. The van der Waals surface area contributed by atoms with Crippen molar-refractivity contribution in [2.45, 2.75) is 78.2 Å². The maximum absolute atomic E-state index is 12.0. The minimum atomic E-state index is -0.513. The van der Waals surface area contributed by atoms with E-state index < -0.39 is 17.2 Å². The van der Waals surface area contributed by atoms with E-state index in [0.29, 0.717) is 24.6 Å². The molecule has 3 atom stereocenters. The van der Waals surface area contributed by atoms with Crippen molar-refractivity contribution < 1.29 is 14.3 Å². The lowest BCUT2D eigenvalue weighted by molar-refractivity contribution is -0.106. The molecule has 2 rings (SSSR count). The Kier molecular flexibility index (Phi) is 5.80. The second kappa shape index (κ2) is 7.25. The van der Waals surface area contributed by atoms with E-state index >= 15 is 0 Å². The van der Waals surface area contributed by atoms with Crippen LogP contribution >= 0.6 is 0 Å². The van der Waals surface area contributed by atoms with Crippen LogP contribution in [-0.2, 0) is 9.47 Å². The molecule has 0 aromatic carbocycles. The molecule has 7 heteroatoms. The number of alkyl carbamates (subject to hydrolysis) is 1. The van der Waals surface area contributed by atoms with Gasteiger partial charge in [0.05, 0.1) is 11.6 Å². The third-order valence-corrected chi connectivity index (χ3v) is 5.15. The van der Waals surface area contributed by atoms with E-state index in [0.717, 1.165) is 19.0 Å². The molecule has 7 nitrogen and oxygen atoms in total. The molecule has 2 aliphatic rings. The molecule has 26 heavy (non-hydrogen) atoms. The highest BCUT2D eigenvalue weighted by molar-refractivity contribution is 5.80. The van der Waals surface area contributed by atoms with Crippen molar-refractivity contribution in [2.24, 2.45) is 16.3 Å². The number of nitrogens with one attached hydrogen (secondary N) is 3. The lowest BCUT2D eigenvalue weighted by Gasteiger charge is -2.55. The van der Waals surface area contributed by atoms with E-state index in [4.69, 9.17) is 9.47 Å². The van der Waals surface area contributed by atoms with Crippen LogP contribution in [0.15, 0.2) is 4.99 Å². The second-order valence-corrected chi connectivity index (χ2v) is 9.62. The van der Waals surface area contributed by atoms with Crippen LogP contribution < -0.4 is 16.0 Å². The molecular formula is C19H36N4O3. The Morgan fingerprint density at radius 2 is 1.92 bits per heavy atom. The van der Waals surface area contributed by atoms with Gasteiger partial charge in [0.2, 0.25) is 0 Å². The zero-order valence-corrected chi connectivity index (χ0v) is 17.5. The highest BCUT2D eigenvalue weighted by Crippen LogP contribution is 2.52. The number of amides is 1. The van der Waals surface area contributed by atoms with Crippen molar-refractivity contribution in [1.29, 1.82) is 0 Å². The van der Waals surface area contributed by atoms with E-state index in [1.54, 1.807) is 7.05 Å². The van der Waals surface area contributed by atoms with Gasteiger partial charge in [0, 0.05) is 37.6 Å². The Morgan fingerprint density at radius 1 is 1.27 bits per heavy atom. The van der Waals surface area contributed by atoms with Crippen LogP contribution in [0.25, 0.3) is 0 Å². The fraction of sp³-hybridized carbons (Fsp3) is 0.895. The summed E-state index contributed by atoms with van der Waals surface area (Å²) < 4.78 is 11.2. The maximum atomic E-state index is 12.0. The van der Waals surface area contributed by atoms with E-state index in [1.165, 1.54) is 0 Å². The molecule has 0 radical (unpaired) electrons. The van der Waals surface area contributed by atoms with Gasteiger partial charge in [-0.05, 0) is 41.0 Å². The minimum Gasteiger partial charge on any atom is -0.444 e. The molecule has 3 N–H and O–H groups in total. The van der Waals surface area contributed by atoms with Gasteiger partial charge in [-0.1, -0.05) is 13.8 Å². The quantitative estimate of drug-likeness (QED) is 0.524. The predicted molar refractivity (Wildman–Crippen MR) is 103 cm³/mol. The van der Waals surface area contributed by atoms with Crippen molar-refractivity contribution in [3.63, 3.8) is 0 Å². The summed E-state index contributed by atoms with van der Waals surface area (Å²) in [5.74, 6) is 1.28. The van der Waals surface area contributed by atoms with Gasteiger partial charge < -0.3 is 25.4 Å². The van der Waals surface area contributed by atoms with E-state index in [1.807, 2.05) is 34.6 Å². The Morgan fingerprint density at radius 3 is 2.50 bits per heavy atom. The molecule has 1 aliphatic carbocycles. The molecule has 150 valence electrons. The van der Waals surface area contributed by atoms with Crippen molar-refractivity contribution in [3.05, 3.63) is 0 Å². The lowest BCUT2D eigenvalue weighted by atomic mass is 9.57. The van der Waals surface area contributed by atoms with Crippen molar-refractivity contribution in [3.8, 4) is 0 Å². The third-order valence-electron chi connectivity index (χ3n) is 5.15. The fourth-order valence-electron chi connectivity index (χ4n) is 3.89. The number of hydrogen-bond donors (Lipinski definition) is 3. The summed E-state index contributed by atoms with van der Waals surface area (Å²) >= 11 is 0. The van der Waals surface area contributed by atoms with Crippen LogP contribution in [0, 0.1) is 11.3 Å². The predicted octanol–water partition coefficient (Wildman–Crippen LogP) is 2.27. The number of guanidine groups is 1. The molecule has 0 bridgehead atoms. The summed E-state index contributed by atoms with van der Waals surface area (Å²) in [6, 6.07) is 0.336. The highest BCUT2D eigenvalue weighted by Gasteiger charge is 2.59. The monoisotopic (exact) mass is 368 g/mol. The van der Waals surface area contributed by atoms with E-state index in [-0.39, 0.29) is 5.41 Å². The van der Waals surface area contributed by atoms with Gasteiger partial charge in [-0.25, -0.2) is 4.79 Å². The first-order valence-corrected chi connectivity index (χ1v) is 9.46. The van der Waals surface area contributed by atoms with Gasteiger partial charge >= 0.3 is 6.09 Å². The van der Waals surface area contributed by atoms with Gasteiger partial charge in [0.1, 0.15) is 5.60 Å². The maximum Gasteiger partial charge on any atom is 0.408 e. The number of carbonyl (C=O) groups excluding carboxylic acids is 1. The van der Waals surface area contributed by atoms with E-state index in [2.05, 4.69) is 34.8 Å². The normalized spacial score (nSPS) is 28.0. The Labute approximate surface area is 157 Å². The summed E-state index contributed by atoms with van der Waals surface area (Å²) in [6.45, 7) is 15.3. The number of rotatable bonds is 4. The molecule has 1 saturated heterocycles. The summed E-state index contributed by atoms with van der Waals surface area (Å²) in [5, 5.41) is 9.77. The Hall–Kier alpha value is -1.50. The van der Waals surface area contributed by atoms with Crippen LogP contribution in [0.3, 0.4) is 0 Å². The largest absolute Gasteiger partial charge is 0.444 e. The SMILES string of the molecule is CN=C(NCC(C)(C)NC(=O)OC(C)(C)C)NC1C2CCOC2C1(C)C. The topological polar surface area (TPSA) is 84.0 Å². The number of hydrogen-bond acceptors (Lipinski definition) is 4. The smallest absolute Gasteiger partial charge is 0.408 e. The van der Waals surface area contributed by atoms with Gasteiger partial charge in [-0.2, -0.15) is 0 Å². The van der Waals surface area contributed by atoms with Crippen LogP contribution in [0.1, 0.15) is 54.9 Å². The number of nitrogens with zero attached hydrogens (tertiary/aromatic N) is 1. The summed E-state index contributed by atoms with van der Waals surface area (Å²) in [6.07, 6.45) is 1.01. The summed E-state index contributed by atoms with van der Waals surface area (Å²) in [5.41, 5.74) is -0.905. The Balaban J connectivity index is 1.85. The van der Waals surface area contributed by atoms with Crippen molar-refractivity contribution in [2.75, 3.05) is 20.2 Å². The zero-order valence-electron chi connectivity index (χ0n) is 17.5. The molecule has 0 aromatic rings. The first-order chi connectivity index (χ1) is 11.9.